The van der Waals surface area contributed by atoms with E-state index in [0.717, 1.165) is 18.4 Å². The molecule has 2 N–H and O–H groups in total. The number of imidazole rings is 1. The summed E-state index contributed by atoms with van der Waals surface area (Å²) in [6.07, 6.45) is -4.72. The van der Waals surface area contributed by atoms with E-state index in [2.05, 4.69) is 15.0 Å². The second-order valence-corrected chi connectivity index (χ2v) is 6.65. The third-order valence-corrected chi connectivity index (χ3v) is 4.33. The molecule has 1 saturated heterocycles. The van der Waals surface area contributed by atoms with E-state index in [-0.39, 0.29) is 23.1 Å². The third-order valence-electron chi connectivity index (χ3n) is 4.07. The summed E-state index contributed by atoms with van der Waals surface area (Å²) in [5.74, 6) is -3.45. The van der Waals surface area contributed by atoms with Crippen LogP contribution in [0, 0.1) is 5.95 Å². The number of esters is 3. The van der Waals surface area contributed by atoms with Crippen LogP contribution >= 0.6 is 11.6 Å². The van der Waals surface area contributed by atoms with Crippen molar-refractivity contribution in [3.8, 4) is 0 Å². The van der Waals surface area contributed by atoms with Gasteiger partial charge in [-0.25, -0.2) is 4.98 Å². The summed E-state index contributed by atoms with van der Waals surface area (Å²) in [6, 6.07) is 0. The van der Waals surface area contributed by atoms with Crippen LogP contribution in [0.3, 0.4) is 0 Å². The molecule has 0 aliphatic carbocycles. The fraction of sp³-hybridized carbons (Fsp3) is 0.500. The Morgan fingerprint density at radius 1 is 1.10 bits per heavy atom. The molecular formula is C16H17ClFN5O7. The highest BCUT2D eigenvalue weighted by molar-refractivity contribution is 6.29. The van der Waals surface area contributed by atoms with Gasteiger partial charge in [-0.15, -0.1) is 0 Å². The van der Waals surface area contributed by atoms with Gasteiger partial charge in [0.25, 0.3) is 0 Å². The predicted octanol–water partition coefficient (Wildman–Crippen LogP) is 0.525. The van der Waals surface area contributed by atoms with Crippen molar-refractivity contribution in [3.63, 3.8) is 0 Å². The Kier molecular flexibility index (Phi) is 6.03. The van der Waals surface area contributed by atoms with Crippen molar-refractivity contribution < 1.29 is 37.7 Å². The second-order valence-electron chi connectivity index (χ2n) is 6.31. The number of fused-ring (bicyclic) bond motifs is 1. The molecule has 3 rings (SSSR count). The van der Waals surface area contributed by atoms with E-state index in [1.165, 1.54) is 6.92 Å². The highest BCUT2D eigenvalue weighted by Crippen LogP contribution is 2.38. The minimum Gasteiger partial charge on any atom is -0.463 e. The highest BCUT2D eigenvalue weighted by atomic mass is 35.5. The monoisotopic (exact) mass is 445 g/mol. The normalized spacial score (nSPS) is 23.4. The molecule has 1 aliphatic rings. The van der Waals surface area contributed by atoms with Crippen LogP contribution in [0.25, 0.3) is 11.2 Å². The minimum atomic E-state index is -1.26. The van der Waals surface area contributed by atoms with E-state index < -0.39 is 54.3 Å². The predicted molar refractivity (Wildman–Crippen MR) is 96.4 cm³/mol. The van der Waals surface area contributed by atoms with Crippen LogP contribution < -0.4 is 5.73 Å². The molecule has 0 radical (unpaired) electrons. The average Bonchev–Trinajstić information content (AvgIpc) is 3.10. The Bertz CT molecular complexity index is 1020. The number of anilines is 1. The van der Waals surface area contributed by atoms with Gasteiger partial charge in [0, 0.05) is 20.8 Å². The van der Waals surface area contributed by atoms with Gasteiger partial charge in [-0.1, -0.05) is 0 Å². The van der Waals surface area contributed by atoms with Crippen LogP contribution in [0.5, 0.6) is 0 Å². The first-order valence-corrected chi connectivity index (χ1v) is 8.96. The number of rotatable bonds is 5. The topological polar surface area (TPSA) is 158 Å². The molecule has 30 heavy (non-hydrogen) atoms. The lowest BCUT2D eigenvalue weighted by Gasteiger charge is -2.24. The fourth-order valence-corrected chi connectivity index (χ4v) is 3.32. The summed E-state index contributed by atoms with van der Waals surface area (Å²) < 4.78 is 36.6. The maximum Gasteiger partial charge on any atom is 0.303 e. The molecule has 0 unspecified atom stereocenters. The highest BCUT2D eigenvalue weighted by Gasteiger charge is 2.51. The number of carbonyl (C=O) groups is 3. The molecule has 162 valence electrons. The standard InChI is InChI=1S/C16H17ClFN5O7/c1-5(24)27-4-8-10(28-6(2)25)11(29-7(3)26)14(30-8)23-13-9(20-15(23)17)12(18)21-16(19)22-13/h8,10-11,14H,4H2,1-3H3,(H2,19,21,22)/t8-,10-,11-,14-/m1/s1. The van der Waals surface area contributed by atoms with Crippen LogP contribution in [0.4, 0.5) is 10.3 Å². The smallest absolute Gasteiger partial charge is 0.303 e. The summed E-state index contributed by atoms with van der Waals surface area (Å²) in [5.41, 5.74) is 5.08. The number of nitrogens with two attached hydrogens (primary N) is 1. The van der Waals surface area contributed by atoms with Crippen molar-refractivity contribution in [3.05, 3.63) is 11.2 Å². The van der Waals surface area contributed by atoms with Gasteiger partial charge in [-0.2, -0.15) is 14.4 Å². The molecule has 0 bridgehead atoms. The number of hydrogen-bond donors (Lipinski definition) is 1. The maximum absolute atomic E-state index is 14.2. The average molecular weight is 446 g/mol. The third kappa shape index (κ3) is 4.26. The van der Waals surface area contributed by atoms with E-state index in [0.29, 0.717) is 0 Å². The molecule has 3 heterocycles. The zero-order valence-corrected chi connectivity index (χ0v) is 16.8. The van der Waals surface area contributed by atoms with E-state index in [4.69, 9.17) is 36.3 Å². The maximum atomic E-state index is 14.2. The number of halogens is 2. The Balaban J connectivity index is 2.10. The molecule has 0 amide bonds. The van der Waals surface area contributed by atoms with Crippen molar-refractivity contribution in [2.75, 3.05) is 12.3 Å². The van der Waals surface area contributed by atoms with Gasteiger partial charge in [0.2, 0.25) is 17.2 Å². The summed E-state index contributed by atoms with van der Waals surface area (Å²) in [7, 11) is 0. The van der Waals surface area contributed by atoms with E-state index in [1.54, 1.807) is 0 Å². The lowest BCUT2D eigenvalue weighted by molar-refractivity contribution is -0.166. The Labute approximate surface area is 173 Å². The van der Waals surface area contributed by atoms with Crippen molar-refractivity contribution in [1.82, 2.24) is 19.5 Å². The number of nitrogen functional groups attached to an aromatic ring is 1. The fourth-order valence-electron chi connectivity index (χ4n) is 3.06. The Hall–Kier alpha value is -3.06. The van der Waals surface area contributed by atoms with Crippen LogP contribution in [-0.2, 0) is 33.3 Å². The summed E-state index contributed by atoms with van der Waals surface area (Å²) >= 11 is 6.17. The lowest BCUT2D eigenvalue weighted by Crippen LogP contribution is -2.40. The first-order chi connectivity index (χ1) is 14.1. The van der Waals surface area contributed by atoms with Crippen molar-refractivity contribution in [2.24, 2.45) is 0 Å². The van der Waals surface area contributed by atoms with Gasteiger partial charge in [0.1, 0.15) is 12.7 Å². The van der Waals surface area contributed by atoms with Crippen LogP contribution in [0.1, 0.15) is 27.0 Å². The number of carbonyl (C=O) groups excluding carboxylic acids is 3. The van der Waals surface area contributed by atoms with Gasteiger partial charge in [-0.05, 0) is 11.6 Å². The number of nitrogens with zero attached hydrogens (tertiary/aromatic N) is 4. The van der Waals surface area contributed by atoms with E-state index in [1.807, 2.05) is 0 Å². The first-order valence-electron chi connectivity index (χ1n) is 8.58. The molecule has 4 atom stereocenters. The molecule has 14 heteroatoms. The van der Waals surface area contributed by atoms with Crippen LogP contribution in [0.2, 0.25) is 5.28 Å². The molecule has 0 saturated carbocycles. The number of aromatic nitrogens is 4. The molecule has 1 fully saturated rings. The zero-order chi connectivity index (χ0) is 22.2. The SMILES string of the molecule is CC(=O)OC[C@H]1O[C@@H](n2c(Cl)nc3c(F)nc(N)nc32)[C@H](OC(C)=O)[C@@H]1OC(C)=O. The number of hydrogen-bond acceptors (Lipinski definition) is 11. The van der Waals surface area contributed by atoms with E-state index >= 15 is 0 Å². The minimum absolute atomic E-state index is 0.137. The number of ether oxygens (including phenoxy) is 4. The van der Waals surface area contributed by atoms with Gasteiger partial charge >= 0.3 is 17.9 Å². The second kappa shape index (κ2) is 8.36. The Morgan fingerprint density at radius 3 is 2.33 bits per heavy atom. The summed E-state index contributed by atoms with van der Waals surface area (Å²) in [6.45, 7) is 3.13. The Morgan fingerprint density at radius 2 is 1.73 bits per heavy atom. The molecule has 2 aromatic heterocycles. The molecule has 2 aromatic rings. The van der Waals surface area contributed by atoms with Crippen molar-refractivity contribution in [1.29, 1.82) is 0 Å². The van der Waals surface area contributed by atoms with Gasteiger partial charge < -0.3 is 24.7 Å². The largest absolute Gasteiger partial charge is 0.463 e. The first kappa shape index (κ1) is 21.6. The van der Waals surface area contributed by atoms with Crippen molar-refractivity contribution in [2.45, 2.75) is 45.3 Å². The van der Waals surface area contributed by atoms with Gasteiger partial charge in [0.05, 0.1) is 0 Å². The van der Waals surface area contributed by atoms with Gasteiger partial charge in [0.15, 0.2) is 29.6 Å². The van der Waals surface area contributed by atoms with Gasteiger partial charge in [-0.3, -0.25) is 19.0 Å². The van der Waals surface area contributed by atoms with E-state index in [9.17, 15) is 18.8 Å². The van der Waals surface area contributed by atoms with Crippen LogP contribution in [-0.4, -0.2) is 62.3 Å². The zero-order valence-electron chi connectivity index (χ0n) is 16.0. The van der Waals surface area contributed by atoms with Crippen LogP contribution in [0.15, 0.2) is 0 Å². The molecule has 0 spiro atoms. The quantitative estimate of drug-likeness (QED) is 0.296. The molecule has 0 aromatic carbocycles. The molecular weight excluding hydrogens is 429 g/mol. The molecule has 1 aliphatic heterocycles. The lowest BCUT2D eigenvalue weighted by atomic mass is 10.1. The summed E-state index contributed by atoms with van der Waals surface area (Å²) in [5, 5.41) is -0.277. The summed E-state index contributed by atoms with van der Waals surface area (Å²) in [4.78, 5) is 45.7. The molecule has 12 nitrogen and oxygen atoms in total. The van der Waals surface area contributed by atoms with Crippen molar-refractivity contribution >= 4 is 46.6 Å².